The van der Waals surface area contributed by atoms with E-state index in [1.165, 1.54) is 16.8 Å². The molecule has 6 heteroatoms. The van der Waals surface area contributed by atoms with Crippen molar-refractivity contribution in [1.29, 1.82) is 0 Å². The zero-order valence-electron chi connectivity index (χ0n) is 10.9. The van der Waals surface area contributed by atoms with Crippen LogP contribution in [0.2, 0.25) is 0 Å². The molecule has 0 bridgehead atoms. The summed E-state index contributed by atoms with van der Waals surface area (Å²) in [6, 6.07) is 6.76. The summed E-state index contributed by atoms with van der Waals surface area (Å²) in [4.78, 5) is 15.8. The maximum Gasteiger partial charge on any atom is 0.354 e. The number of aryl methyl sites for hydroxylation is 1. The zero-order chi connectivity index (χ0) is 14.1. The molecular formula is C14H13N3O3. The second-order valence-corrected chi connectivity index (χ2v) is 4.46. The topological polar surface area (TPSA) is 80.6 Å². The van der Waals surface area contributed by atoms with E-state index in [2.05, 4.69) is 10.1 Å². The highest BCUT2D eigenvalue weighted by atomic mass is 16.4. The van der Waals surface area contributed by atoms with Crippen LogP contribution in [0.5, 0.6) is 0 Å². The molecule has 3 heterocycles. The van der Waals surface area contributed by atoms with Gasteiger partial charge in [-0.05, 0) is 18.6 Å². The fraction of sp³-hybridized carbons (Fsp3) is 0.214. The monoisotopic (exact) mass is 271 g/mol. The van der Waals surface area contributed by atoms with E-state index in [4.69, 9.17) is 4.42 Å². The molecule has 20 heavy (non-hydrogen) atoms. The van der Waals surface area contributed by atoms with Crippen LogP contribution in [-0.4, -0.2) is 25.7 Å². The van der Waals surface area contributed by atoms with Gasteiger partial charge in [0, 0.05) is 12.1 Å². The third-order valence-corrected chi connectivity index (χ3v) is 2.98. The predicted molar refractivity (Wildman–Crippen MR) is 71.6 cm³/mol. The highest BCUT2D eigenvalue weighted by Gasteiger charge is 2.16. The summed E-state index contributed by atoms with van der Waals surface area (Å²) in [6.45, 7) is 2.05. The summed E-state index contributed by atoms with van der Waals surface area (Å²) in [7, 11) is 0. The van der Waals surface area contributed by atoms with Crippen molar-refractivity contribution in [3.05, 3.63) is 41.9 Å². The Morgan fingerprint density at radius 1 is 1.45 bits per heavy atom. The number of hydrogen-bond acceptors (Lipinski definition) is 4. The SMILES string of the molecule is CCCc1cc2nc(-c3ccco3)cc(C(=O)O)n2n1. The molecule has 3 rings (SSSR count). The van der Waals surface area contributed by atoms with Gasteiger partial charge in [0.25, 0.3) is 0 Å². The van der Waals surface area contributed by atoms with Gasteiger partial charge in [-0.25, -0.2) is 14.3 Å². The lowest BCUT2D eigenvalue weighted by Gasteiger charge is -2.02. The third-order valence-electron chi connectivity index (χ3n) is 2.98. The molecule has 3 aromatic heterocycles. The van der Waals surface area contributed by atoms with E-state index in [9.17, 15) is 9.90 Å². The second-order valence-electron chi connectivity index (χ2n) is 4.46. The van der Waals surface area contributed by atoms with Crippen molar-refractivity contribution in [2.45, 2.75) is 19.8 Å². The Bertz CT molecular complexity index is 759. The van der Waals surface area contributed by atoms with Crippen molar-refractivity contribution >= 4 is 11.6 Å². The lowest BCUT2D eigenvalue weighted by atomic mass is 10.2. The van der Waals surface area contributed by atoms with Crippen LogP contribution in [0.1, 0.15) is 29.5 Å². The van der Waals surface area contributed by atoms with Crippen LogP contribution in [0.15, 0.2) is 34.9 Å². The van der Waals surface area contributed by atoms with Crippen molar-refractivity contribution in [3.63, 3.8) is 0 Å². The normalized spacial score (nSPS) is 11.1. The molecule has 0 spiro atoms. The first-order valence-electron chi connectivity index (χ1n) is 6.36. The van der Waals surface area contributed by atoms with Gasteiger partial charge in [-0.3, -0.25) is 0 Å². The molecule has 0 amide bonds. The lowest BCUT2D eigenvalue weighted by molar-refractivity contribution is 0.0687. The lowest BCUT2D eigenvalue weighted by Crippen LogP contribution is -2.08. The first-order chi connectivity index (χ1) is 9.69. The van der Waals surface area contributed by atoms with Crippen LogP contribution in [0.3, 0.4) is 0 Å². The molecule has 0 unspecified atom stereocenters. The Labute approximate surface area is 114 Å². The van der Waals surface area contributed by atoms with Gasteiger partial charge >= 0.3 is 5.97 Å². The maximum atomic E-state index is 11.4. The number of aromatic carboxylic acids is 1. The Hall–Kier alpha value is -2.63. The van der Waals surface area contributed by atoms with Gasteiger partial charge in [-0.15, -0.1) is 0 Å². The molecule has 3 aromatic rings. The van der Waals surface area contributed by atoms with E-state index in [-0.39, 0.29) is 5.69 Å². The van der Waals surface area contributed by atoms with Crippen LogP contribution in [0.25, 0.3) is 17.1 Å². The van der Waals surface area contributed by atoms with Gasteiger partial charge in [0.2, 0.25) is 0 Å². The van der Waals surface area contributed by atoms with Crippen LogP contribution in [-0.2, 0) is 6.42 Å². The first kappa shape index (κ1) is 12.4. The Balaban J connectivity index is 2.22. The number of nitrogens with zero attached hydrogens (tertiary/aromatic N) is 3. The van der Waals surface area contributed by atoms with Crippen molar-refractivity contribution in [3.8, 4) is 11.5 Å². The average Bonchev–Trinajstić information content (AvgIpc) is 3.06. The Morgan fingerprint density at radius 2 is 2.30 bits per heavy atom. The van der Waals surface area contributed by atoms with Gasteiger partial charge in [0.05, 0.1) is 12.0 Å². The van der Waals surface area contributed by atoms with Gasteiger partial charge in [-0.2, -0.15) is 5.10 Å². The summed E-state index contributed by atoms with van der Waals surface area (Å²) < 4.78 is 6.63. The number of aromatic nitrogens is 3. The molecule has 0 aliphatic carbocycles. The quantitative estimate of drug-likeness (QED) is 0.789. The van der Waals surface area contributed by atoms with E-state index < -0.39 is 5.97 Å². The van der Waals surface area contributed by atoms with Crippen LogP contribution < -0.4 is 0 Å². The molecule has 0 fully saturated rings. The molecule has 0 aliphatic heterocycles. The van der Waals surface area contributed by atoms with Crippen LogP contribution in [0, 0.1) is 0 Å². The number of hydrogen-bond donors (Lipinski definition) is 1. The molecule has 0 atom stereocenters. The number of furan rings is 1. The molecule has 1 N–H and O–H groups in total. The molecule has 0 saturated carbocycles. The first-order valence-corrected chi connectivity index (χ1v) is 6.36. The van der Waals surface area contributed by atoms with Crippen molar-refractivity contribution < 1.29 is 14.3 Å². The number of fused-ring (bicyclic) bond motifs is 1. The summed E-state index contributed by atoms with van der Waals surface area (Å²) in [6.07, 6.45) is 3.26. The number of rotatable bonds is 4. The molecule has 0 radical (unpaired) electrons. The van der Waals surface area contributed by atoms with E-state index in [1.807, 2.05) is 13.0 Å². The minimum atomic E-state index is -1.05. The van der Waals surface area contributed by atoms with E-state index in [1.54, 1.807) is 12.1 Å². The summed E-state index contributed by atoms with van der Waals surface area (Å²) >= 11 is 0. The Kier molecular flexibility index (Phi) is 2.98. The molecular weight excluding hydrogens is 258 g/mol. The van der Waals surface area contributed by atoms with Gasteiger partial charge in [-0.1, -0.05) is 13.3 Å². The fourth-order valence-electron chi connectivity index (χ4n) is 2.10. The molecule has 0 aliphatic rings. The molecule has 6 nitrogen and oxygen atoms in total. The summed E-state index contributed by atoms with van der Waals surface area (Å²) in [5.74, 6) is -0.510. The molecule has 102 valence electrons. The largest absolute Gasteiger partial charge is 0.477 e. The summed E-state index contributed by atoms with van der Waals surface area (Å²) in [5.41, 5.74) is 1.91. The minimum Gasteiger partial charge on any atom is -0.477 e. The van der Waals surface area contributed by atoms with E-state index >= 15 is 0 Å². The molecule has 0 aromatic carbocycles. The third kappa shape index (κ3) is 2.05. The molecule has 0 saturated heterocycles. The van der Waals surface area contributed by atoms with Crippen LogP contribution in [0.4, 0.5) is 0 Å². The number of carbonyl (C=O) groups is 1. The second kappa shape index (κ2) is 4.80. The highest BCUT2D eigenvalue weighted by Crippen LogP contribution is 2.21. The van der Waals surface area contributed by atoms with Crippen molar-refractivity contribution in [2.24, 2.45) is 0 Å². The van der Waals surface area contributed by atoms with Crippen molar-refractivity contribution in [1.82, 2.24) is 14.6 Å². The fourth-order valence-corrected chi connectivity index (χ4v) is 2.10. The zero-order valence-corrected chi connectivity index (χ0v) is 10.9. The minimum absolute atomic E-state index is 0.0729. The average molecular weight is 271 g/mol. The smallest absolute Gasteiger partial charge is 0.354 e. The Morgan fingerprint density at radius 3 is 2.95 bits per heavy atom. The van der Waals surface area contributed by atoms with Gasteiger partial charge < -0.3 is 9.52 Å². The summed E-state index contributed by atoms with van der Waals surface area (Å²) in [5, 5.41) is 13.6. The predicted octanol–water partition coefficient (Wildman–Crippen LogP) is 2.64. The van der Waals surface area contributed by atoms with Gasteiger partial charge in [0.1, 0.15) is 5.69 Å². The number of carboxylic acids is 1. The maximum absolute atomic E-state index is 11.4. The number of carboxylic acid groups (broad SMARTS) is 1. The van der Waals surface area contributed by atoms with Gasteiger partial charge in [0.15, 0.2) is 17.1 Å². The van der Waals surface area contributed by atoms with E-state index in [0.29, 0.717) is 17.1 Å². The van der Waals surface area contributed by atoms with Crippen molar-refractivity contribution in [2.75, 3.05) is 0 Å². The highest BCUT2D eigenvalue weighted by molar-refractivity contribution is 5.87. The van der Waals surface area contributed by atoms with Crippen LogP contribution >= 0.6 is 0 Å². The standard InChI is InChI=1S/C14H13N3O3/c1-2-4-9-7-13-15-10(12-5-3-6-20-12)8-11(14(18)19)17(13)16-9/h3,5-8H,2,4H2,1H3,(H,18,19). The van der Waals surface area contributed by atoms with E-state index in [0.717, 1.165) is 18.5 Å².